The number of hydrogen-bond acceptors (Lipinski definition) is 3. The van der Waals surface area contributed by atoms with Crippen LogP contribution >= 0.6 is 0 Å². The van der Waals surface area contributed by atoms with Crippen molar-refractivity contribution in [2.24, 2.45) is 0 Å². The number of carbonyl (C=O) groups excluding carboxylic acids is 1. The van der Waals surface area contributed by atoms with Gasteiger partial charge in [0.25, 0.3) is 0 Å². The quantitative estimate of drug-likeness (QED) is 0.784. The summed E-state index contributed by atoms with van der Waals surface area (Å²) in [7, 11) is 1.68. The Hall–Kier alpha value is -1.71. The van der Waals surface area contributed by atoms with Crippen LogP contribution in [0.15, 0.2) is 24.3 Å². The Morgan fingerprint density at radius 1 is 1.15 bits per heavy atom. The predicted molar refractivity (Wildman–Crippen MR) is 84.3 cm³/mol. The third-order valence-corrected chi connectivity index (χ3v) is 3.78. The van der Waals surface area contributed by atoms with Gasteiger partial charge in [0.05, 0.1) is 0 Å². The number of benzene rings is 1. The topological polar surface area (TPSA) is 44.4 Å². The van der Waals surface area contributed by atoms with Crippen molar-refractivity contribution in [3.05, 3.63) is 24.3 Å². The minimum Gasteiger partial charge on any atom is -0.385 e. The fraction of sp³-hybridized carbons (Fsp3) is 0.562. The fourth-order valence-electron chi connectivity index (χ4n) is 2.55. The van der Waals surface area contributed by atoms with Gasteiger partial charge in [-0.05, 0) is 49.9 Å². The number of anilines is 2. The summed E-state index contributed by atoms with van der Waals surface area (Å²) in [6.45, 7) is 3.19. The second-order valence-electron chi connectivity index (χ2n) is 5.30. The van der Waals surface area contributed by atoms with Crippen LogP contribution in [0, 0.1) is 0 Å². The molecule has 4 heteroatoms. The highest BCUT2D eigenvalue weighted by Crippen LogP contribution is 2.21. The maximum absolute atomic E-state index is 11.1. The van der Waals surface area contributed by atoms with Crippen LogP contribution in [-0.2, 0) is 4.79 Å². The average Bonchev–Trinajstić information content (AvgIpc) is 2.52. The van der Waals surface area contributed by atoms with Gasteiger partial charge in [-0.25, -0.2) is 0 Å². The van der Waals surface area contributed by atoms with Crippen LogP contribution in [0.5, 0.6) is 0 Å². The molecule has 2 rings (SSSR count). The second-order valence-corrected chi connectivity index (χ2v) is 5.30. The van der Waals surface area contributed by atoms with E-state index in [0.29, 0.717) is 6.42 Å². The molecule has 0 radical (unpaired) electrons. The normalized spacial score (nSPS) is 14.9. The molecule has 1 aromatic carbocycles. The van der Waals surface area contributed by atoms with E-state index in [1.165, 1.54) is 38.0 Å². The number of amides is 1. The summed E-state index contributed by atoms with van der Waals surface area (Å²) in [4.78, 5) is 13.6. The molecule has 0 bridgehead atoms. The molecule has 0 saturated carbocycles. The molecule has 1 saturated heterocycles. The van der Waals surface area contributed by atoms with Gasteiger partial charge in [0.15, 0.2) is 0 Å². The highest BCUT2D eigenvalue weighted by molar-refractivity contribution is 5.75. The molecule has 1 aliphatic rings. The molecule has 1 heterocycles. The van der Waals surface area contributed by atoms with Gasteiger partial charge in [-0.3, -0.25) is 4.79 Å². The van der Waals surface area contributed by atoms with Crippen molar-refractivity contribution in [3.63, 3.8) is 0 Å². The molecule has 4 nitrogen and oxygen atoms in total. The third kappa shape index (κ3) is 4.44. The van der Waals surface area contributed by atoms with Gasteiger partial charge in [0.2, 0.25) is 5.91 Å². The fourth-order valence-corrected chi connectivity index (χ4v) is 2.55. The lowest BCUT2D eigenvalue weighted by Gasteiger charge is -2.28. The van der Waals surface area contributed by atoms with Gasteiger partial charge in [-0.1, -0.05) is 0 Å². The summed E-state index contributed by atoms with van der Waals surface area (Å²) < 4.78 is 0. The van der Waals surface area contributed by atoms with Gasteiger partial charge in [-0.2, -0.15) is 0 Å². The van der Waals surface area contributed by atoms with E-state index >= 15 is 0 Å². The van der Waals surface area contributed by atoms with Gasteiger partial charge in [-0.15, -0.1) is 0 Å². The highest BCUT2D eigenvalue weighted by Gasteiger charge is 2.10. The van der Waals surface area contributed by atoms with Gasteiger partial charge in [0, 0.05) is 44.5 Å². The first-order chi connectivity index (χ1) is 9.79. The van der Waals surface area contributed by atoms with Crippen LogP contribution in [0.3, 0.4) is 0 Å². The molecule has 1 aliphatic heterocycles. The van der Waals surface area contributed by atoms with Crippen LogP contribution < -0.4 is 15.5 Å². The third-order valence-electron chi connectivity index (χ3n) is 3.78. The van der Waals surface area contributed by atoms with Crippen molar-refractivity contribution in [3.8, 4) is 0 Å². The van der Waals surface area contributed by atoms with Crippen molar-refractivity contribution in [1.29, 1.82) is 0 Å². The van der Waals surface area contributed by atoms with Crippen LogP contribution in [0.25, 0.3) is 0 Å². The Morgan fingerprint density at radius 3 is 2.50 bits per heavy atom. The largest absolute Gasteiger partial charge is 0.385 e. The zero-order chi connectivity index (χ0) is 14.2. The average molecular weight is 275 g/mol. The predicted octanol–water partition coefficient (Wildman–Crippen LogP) is 2.62. The van der Waals surface area contributed by atoms with Crippen molar-refractivity contribution < 1.29 is 4.79 Å². The minimum absolute atomic E-state index is 0.104. The molecule has 20 heavy (non-hydrogen) atoms. The maximum Gasteiger partial charge on any atom is 0.219 e. The Kier molecular flexibility index (Phi) is 5.71. The standard InChI is InChI=1S/C16H25N3O/c1-17-16(20)6-5-11-18-14-7-9-15(10-8-14)19-12-3-2-4-13-19/h7-10,18H,2-6,11-13H2,1H3,(H,17,20). The van der Waals surface area contributed by atoms with E-state index in [1.807, 2.05) is 0 Å². The van der Waals surface area contributed by atoms with E-state index in [4.69, 9.17) is 0 Å². The van der Waals surface area contributed by atoms with E-state index < -0.39 is 0 Å². The lowest BCUT2D eigenvalue weighted by Crippen LogP contribution is -2.29. The molecule has 1 amide bonds. The SMILES string of the molecule is CNC(=O)CCCNc1ccc(N2CCCCC2)cc1. The number of piperidine rings is 1. The van der Waals surface area contributed by atoms with Crippen LogP contribution in [0.2, 0.25) is 0 Å². The van der Waals surface area contributed by atoms with E-state index in [-0.39, 0.29) is 5.91 Å². The molecule has 0 aliphatic carbocycles. The monoisotopic (exact) mass is 275 g/mol. The van der Waals surface area contributed by atoms with Crippen LogP contribution in [0.4, 0.5) is 11.4 Å². The molecule has 2 N–H and O–H groups in total. The molecule has 0 aromatic heterocycles. The van der Waals surface area contributed by atoms with Gasteiger partial charge < -0.3 is 15.5 Å². The molecule has 0 unspecified atom stereocenters. The number of rotatable bonds is 6. The number of carbonyl (C=O) groups is 1. The lowest BCUT2D eigenvalue weighted by atomic mass is 10.1. The second kappa shape index (κ2) is 7.78. The number of nitrogens with zero attached hydrogens (tertiary/aromatic N) is 1. The molecule has 0 spiro atoms. The zero-order valence-corrected chi connectivity index (χ0v) is 12.3. The smallest absolute Gasteiger partial charge is 0.219 e. The van der Waals surface area contributed by atoms with E-state index in [9.17, 15) is 4.79 Å². The highest BCUT2D eigenvalue weighted by atomic mass is 16.1. The molecular formula is C16H25N3O. The minimum atomic E-state index is 0.104. The summed E-state index contributed by atoms with van der Waals surface area (Å²) in [5.74, 6) is 0.104. The van der Waals surface area contributed by atoms with E-state index in [0.717, 1.165) is 18.7 Å². The molecular weight excluding hydrogens is 250 g/mol. The van der Waals surface area contributed by atoms with Gasteiger partial charge >= 0.3 is 0 Å². The van der Waals surface area contributed by atoms with E-state index in [2.05, 4.69) is 39.8 Å². The Morgan fingerprint density at radius 2 is 1.85 bits per heavy atom. The van der Waals surface area contributed by atoms with Crippen molar-refractivity contribution in [2.45, 2.75) is 32.1 Å². The van der Waals surface area contributed by atoms with Crippen molar-refractivity contribution in [1.82, 2.24) is 5.32 Å². The van der Waals surface area contributed by atoms with Crippen LogP contribution in [-0.4, -0.2) is 32.6 Å². The first-order valence-corrected chi connectivity index (χ1v) is 7.59. The Balaban J connectivity index is 1.75. The molecule has 0 atom stereocenters. The maximum atomic E-state index is 11.1. The Bertz CT molecular complexity index is 410. The summed E-state index contributed by atoms with van der Waals surface area (Å²) in [5.41, 5.74) is 2.45. The van der Waals surface area contributed by atoms with Crippen LogP contribution in [0.1, 0.15) is 32.1 Å². The summed E-state index contributed by atoms with van der Waals surface area (Å²) in [6, 6.07) is 8.63. The summed E-state index contributed by atoms with van der Waals surface area (Å²) in [5, 5.41) is 5.99. The number of nitrogens with one attached hydrogen (secondary N) is 2. The van der Waals surface area contributed by atoms with E-state index in [1.54, 1.807) is 7.05 Å². The van der Waals surface area contributed by atoms with Crippen molar-refractivity contribution >= 4 is 17.3 Å². The zero-order valence-electron chi connectivity index (χ0n) is 12.3. The Labute approximate surface area is 121 Å². The summed E-state index contributed by atoms with van der Waals surface area (Å²) >= 11 is 0. The first-order valence-electron chi connectivity index (χ1n) is 7.59. The molecule has 110 valence electrons. The lowest BCUT2D eigenvalue weighted by molar-refractivity contribution is -0.120. The van der Waals surface area contributed by atoms with Gasteiger partial charge in [0.1, 0.15) is 0 Å². The molecule has 1 aromatic rings. The first kappa shape index (κ1) is 14.7. The summed E-state index contributed by atoms with van der Waals surface area (Å²) in [6.07, 6.45) is 5.41. The van der Waals surface area contributed by atoms with Crippen molar-refractivity contribution in [2.75, 3.05) is 36.9 Å². The molecule has 1 fully saturated rings. The number of hydrogen-bond donors (Lipinski definition) is 2.